The number of benzene rings is 1. The maximum Gasteiger partial charge on any atom is 0.159 e. The minimum Gasteiger partial charge on any atom is -0.491 e. The number of pyridine rings is 2. The number of likely N-dealkylation sites (N-methyl/N-ethyl adjacent to an activating group) is 1. The lowest BCUT2D eigenvalue weighted by molar-refractivity contribution is 0.261. The van der Waals surface area contributed by atoms with Crippen molar-refractivity contribution in [3.63, 3.8) is 0 Å². The summed E-state index contributed by atoms with van der Waals surface area (Å²) in [6.45, 7) is 1.44. The minimum atomic E-state index is 0.600. The van der Waals surface area contributed by atoms with Gasteiger partial charge in [-0.05, 0) is 38.4 Å². The first-order valence-electron chi connectivity index (χ1n) is 9.69. The molecule has 1 aromatic carbocycles. The van der Waals surface area contributed by atoms with Crippen molar-refractivity contribution in [2.24, 2.45) is 0 Å². The number of hydrogen-bond acceptors (Lipinski definition) is 6. The molecule has 0 aliphatic rings. The third-order valence-electron chi connectivity index (χ3n) is 4.88. The fourth-order valence-corrected chi connectivity index (χ4v) is 3.30. The van der Waals surface area contributed by atoms with Gasteiger partial charge < -0.3 is 14.6 Å². The highest BCUT2D eigenvalue weighted by atomic mass is 16.5. The highest BCUT2D eigenvalue weighted by Gasteiger charge is 2.14. The molecule has 5 rings (SSSR count). The molecule has 0 aliphatic carbocycles. The van der Waals surface area contributed by atoms with Crippen LogP contribution in [0.25, 0.3) is 44.7 Å². The van der Waals surface area contributed by atoms with Gasteiger partial charge in [0.25, 0.3) is 0 Å². The Hall–Kier alpha value is -3.78. The Labute approximate surface area is 173 Å². The standard InChI is InChI=1S/C22H21N7O/c1-29(2)7-8-30-15-9-14(11-23-12-15)19-10-16-20(13-24-19)27-28-21(16)22-25-17-5-3-4-6-18(17)26-22/h3-6,9-13H,7-8H2,1-2H3,(H,25,26)(H,27,28). The Bertz CT molecular complexity index is 1290. The summed E-state index contributed by atoms with van der Waals surface area (Å²) in [6, 6.07) is 11.9. The molecule has 150 valence electrons. The summed E-state index contributed by atoms with van der Waals surface area (Å²) < 4.78 is 5.81. The molecular formula is C22H21N7O. The molecule has 4 aromatic heterocycles. The lowest BCUT2D eigenvalue weighted by Gasteiger charge is -2.11. The van der Waals surface area contributed by atoms with Crippen molar-refractivity contribution in [1.29, 1.82) is 0 Å². The van der Waals surface area contributed by atoms with Crippen LogP contribution in [0.2, 0.25) is 0 Å². The minimum absolute atomic E-state index is 0.600. The van der Waals surface area contributed by atoms with Gasteiger partial charge in [-0.3, -0.25) is 15.1 Å². The number of fused-ring (bicyclic) bond motifs is 2. The molecule has 0 aliphatic heterocycles. The number of H-pyrrole nitrogens is 2. The molecule has 0 atom stereocenters. The molecule has 8 heteroatoms. The Balaban J connectivity index is 1.50. The van der Waals surface area contributed by atoms with Gasteiger partial charge in [-0.15, -0.1) is 0 Å². The number of aromatic nitrogens is 6. The number of hydrogen-bond donors (Lipinski definition) is 2. The normalized spacial score (nSPS) is 11.6. The predicted molar refractivity (Wildman–Crippen MR) is 116 cm³/mol. The van der Waals surface area contributed by atoms with Crippen molar-refractivity contribution < 1.29 is 4.74 Å². The SMILES string of the molecule is CN(C)CCOc1cncc(-c2cc3c(-c4nc5ccccc5[nH]4)n[nH]c3cn2)c1. The van der Waals surface area contributed by atoms with Gasteiger partial charge in [0, 0.05) is 23.7 Å². The van der Waals surface area contributed by atoms with Crippen LogP contribution in [0.3, 0.4) is 0 Å². The number of imidazole rings is 1. The highest BCUT2D eigenvalue weighted by molar-refractivity contribution is 5.94. The second-order valence-electron chi connectivity index (χ2n) is 7.35. The van der Waals surface area contributed by atoms with Gasteiger partial charge in [0.15, 0.2) is 5.82 Å². The summed E-state index contributed by atoms with van der Waals surface area (Å²) >= 11 is 0. The van der Waals surface area contributed by atoms with Crippen LogP contribution in [0.1, 0.15) is 0 Å². The molecule has 2 N–H and O–H groups in total. The fourth-order valence-electron chi connectivity index (χ4n) is 3.30. The molecular weight excluding hydrogens is 378 g/mol. The van der Waals surface area contributed by atoms with Crippen LogP contribution < -0.4 is 4.74 Å². The van der Waals surface area contributed by atoms with Crippen LogP contribution in [0.4, 0.5) is 0 Å². The molecule has 0 amide bonds. The zero-order valence-corrected chi connectivity index (χ0v) is 16.8. The van der Waals surface area contributed by atoms with Gasteiger partial charge in [-0.1, -0.05) is 12.1 Å². The molecule has 8 nitrogen and oxygen atoms in total. The third kappa shape index (κ3) is 3.48. The number of ether oxygens (including phenoxy) is 1. The molecule has 0 spiro atoms. The molecule has 5 aromatic rings. The molecule has 0 fully saturated rings. The topological polar surface area (TPSA) is 95.6 Å². The zero-order chi connectivity index (χ0) is 20.5. The maximum absolute atomic E-state index is 5.81. The van der Waals surface area contributed by atoms with Crippen LogP contribution in [-0.2, 0) is 0 Å². The molecule has 0 unspecified atom stereocenters. The third-order valence-corrected chi connectivity index (χ3v) is 4.88. The number of nitrogens with one attached hydrogen (secondary N) is 2. The van der Waals surface area contributed by atoms with Crippen molar-refractivity contribution in [1.82, 2.24) is 35.0 Å². The Morgan fingerprint density at radius 1 is 1.03 bits per heavy atom. The van der Waals surface area contributed by atoms with E-state index in [0.29, 0.717) is 6.61 Å². The lowest BCUT2D eigenvalue weighted by Crippen LogP contribution is -2.19. The van der Waals surface area contributed by atoms with Gasteiger partial charge in [-0.25, -0.2) is 4.98 Å². The molecule has 0 saturated carbocycles. The van der Waals surface area contributed by atoms with Crippen LogP contribution in [0, 0.1) is 0 Å². The van der Waals surface area contributed by atoms with Crippen LogP contribution >= 0.6 is 0 Å². The van der Waals surface area contributed by atoms with Gasteiger partial charge in [0.2, 0.25) is 0 Å². The van der Waals surface area contributed by atoms with E-state index in [0.717, 1.165) is 57.0 Å². The van der Waals surface area contributed by atoms with E-state index >= 15 is 0 Å². The summed E-state index contributed by atoms with van der Waals surface area (Å²) in [7, 11) is 4.03. The fraction of sp³-hybridized carbons (Fsp3) is 0.182. The summed E-state index contributed by atoms with van der Waals surface area (Å²) in [5, 5.41) is 8.45. The van der Waals surface area contributed by atoms with Gasteiger partial charge in [0.1, 0.15) is 18.1 Å². The number of rotatable bonds is 6. The zero-order valence-electron chi connectivity index (χ0n) is 16.8. The van der Waals surface area contributed by atoms with Gasteiger partial charge in [-0.2, -0.15) is 5.10 Å². The first-order valence-corrected chi connectivity index (χ1v) is 9.69. The summed E-state index contributed by atoms with van der Waals surface area (Å²) in [5.41, 5.74) is 5.17. The van der Waals surface area contributed by atoms with E-state index in [4.69, 9.17) is 4.74 Å². The van der Waals surface area contributed by atoms with E-state index in [1.54, 1.807) is 18.6 Å². The summed E-state index contributed by atoms with van der Waals surface area (Å²) in [4.78, 5) is 19.0. The second-order valence-corrected chi connectivity index (χ2v) is 7.35. The molecule has 30 heavy (non-hydrogen) atoms. The van der Waals surface area contributed by atoms with E-state index in [1.807, 2.05) is 50.5 Å². The van der Waals surface area contributed by atoms with Crippen molar-refractivity contribution in [3.8, 4) is 28.5 Å². The first-order chi connectivity index (χ1) is 14.7. The predicted octanol–water partition coefficient (Wildman–Crippen LogP) is 3.50. The average Bonchev–Trinajstić information content (AvgIpc) is 3.37. The number of nitrogens with zero attached hydrogens (tertiary/aromatic N) is 5. The van der Waals surface area contributed by atoms with E-state index in [2.05, 4.69) is 35.0 Å². The van der Waals surface area contributed by atoms with Crippen molar-refractivity contribution >= 4 is 21.9 Å². The van der Waals surface area contributed by atoms with Crippen LogP contribution in [0.5, 0.6) is 5.75 Å². The quantitative estimate of drug-likeness (QED) is 0.454. The van der Waals surface area contributed by atoms with E-state index in [-0.39, 0.29) is 0 Å². The summed E-state index contributed by atoms with van der Waals surface area (Å²) in [6.07, 6.45) is 5.28. The Kier molecular flexibility index (Phi) is 4.61. The number of para-hydroxylation sites is 2. The van der Waals surface area contributed by atoms with E-state index in [1.165, 1.54) is 0 Å². The van der Waals surface area contributed by atoms with E-state index in [9.17, 15) is 0 Å². The van der Waals surface area contributed by atoms with E-state index < -0.39 is 0 Å². The Morgan fingerprint density at radius 3 is 2.80 bits per heavy atom. The average molecular weight is 399 g/mol. The highest BCUT2D eigenvalue weighted by Crippen LogP contribution is 2.29. The van der Waals surface area contributed by atoms with Gasteiger partial charge >= 0.3 is 0 Å². The maximum atomic E-state index is 5.81. The van der Waals surface area contributed by atoms with Crippen molar-refractivity contribution in [2.45, 2.75) is 0 Å². The largest absolute Gasteiger partial charge is 0.491 e. The summed E-state index contributed by atoms with van der Waals surface area (Å²) in [5.74, 6) is 1.44. The van der Waals surface area contributed by atoms with Crippen molar-refractivity contribution in [2.75, 3.05) is 27.2 Å². The molecule has 0 bridgehead atoms. The lowest BCUT2D eigenvalue weighted by atomic mass is 10.1. The monoisotopic (exact) mass is 399 g/mol. The number of aromatic amines is 2. The first kappa shape index (κ1) is 18.3. The molecule has 4 heterocycles. The van der Waals surface area contributed by atoms with Crippen LogP contribution in [-0.4, -0.2) is 62.3 Å². The second kappa shape index (κ2) is 7.57. The molecule has 0 radical (unpaired) electrons. The smallest absolute Gasteiger partial charge is 0.159 e. The van der Waals surface area contributed by atoms with Crippen LogP contribution in [0.15, 0.2) is 55.0 Å². The van der Waals surface area contributed by atoms with Crippen molar-refractivity contribution in [3.05, 3.63) is 55.0 Å². The molecule has 0 saturated heterocycles. The Morgan fingerprint density at radius 2 is 1.93 bits per heavy atom. The van der Waals surface area contributed by atoms with Gasteiger partial charge in [0.05, 0.1) is 34.6 Å².